The standard InChI is InChI=1S/C19H17N3S/c1-11-6-8-12(9-7-11)18-14-5-3-2-4-13(14)16-17(21)15(10-20)23-19(16)22-18/h6-9H,2-5,21H2,1H3. The van der Waals surface area contributed by atoms with E-state index in [2.05, 4.69) is 37.3 Å². The van der Waals surface area contributed by atoms with Gasteiger partial charge in [0.1, 0.15) is 15.8 Å². The molecule has 3 nitrogen and oxygen atoms in total. The summed E-state index contributed by atoms with van der Waals surface area (Å²) in [6.07, 6.45) is 4.43. The second-order valence-electron chi connectivity index (χ2n) is 6.13. The van der Waals surface area contributed by atoms with E-state index in [1.807, 2.05) is 0 Å². The van der Waals surface area contributed by atoms with Crippen LogP contribution in [0.3, 0.4) is 0 Å². The number of nitriles is 1. The van der Waals surface area contributed by atoms with Crippen LogP contribution in [0.1, 0.15) is 34.4 Å². The molecule has 0 bridgehead atoms. The van der Waals surface area contributed by atoms with E-state index < -0.39 is 0 Å². The van der Waals surface area contributed by atoms with Crippen LogP contribution in [0, 0.1) is 18.3 Å². The molecule has 0 fully saturated rings. The second kappa shape index (κ2) is 5.36. The number of fused-ring (bicyclic) bond motifs is 3. The van der Waals surface area contributed by atoms with Gasteiger partial charge in [0.25, 0.3) is 0 Å². The molecule has 0 radical (unpaired) electrons. The van der Waals surface area contributed by atoms with Crippen LogP contribution in [-0.2, 0) is 12.8 Å². The lowest BCUT2D eigenvalue weighted by atomic mass is 9.87. The number of hydrogen-bond donors (Lipinski definition) is 1. The van der Waals surface area contributed by atoms with Crippen LogP contribution >= 0.6 is 11.3 Å². The number of aryl methyl sites for hydroxylation is 2. The predicted molar refractivity (Wildman–Crippen MR) is 95.6 cm³/mol. The Bertz CT molecular complexity index is 946. The largest absolute Gasteiger partial charge is 0.396 e. The summed E-state index contributed by atoms with van der Waals surface area (Å²) in [5, 5.41) is 10.3. The van der Waals surface area contributed by atoms with Crippen LogP contribution in [0.4, 0.5) is 5.69 Å². The van der Waals surface area contributed by atoms with Crippen LogP contribution in [0.2, 0.25) is 0 Å². The molecule has 0 spiro atoms. The van der Waals surface area contributed by atoms with Gasteiger partial charge in [0, 0.05) is 10.9 Å². The first-order valence-electron chi connectivity index (χ1n) is 7.90. The average Bonchev–Trinajstić information content (AvgIpc) is 2.91. The first-order valence-corrected chi connectivity index (χ1v) is 8.71. The van der Waals surface area contributed by atoms with Crippen molar-refractivity contribution in [3.63, 3.8) is 0 Å². The maximum atomic E-state index is 9.29. The number of hydrogen-bond acceptors (Lipinski definition) is 4. The number of pyridine rings is 1. The quantitative estimate of drug-likeness (QED) is 0.712. The van der Waals surface area contributed by atoms with Crippen molar-refractivity contribution in [3.8, 4) is 17.3 Å². The van der Waals surface area contributed by atoms with E-state index in [0.29, 0.717) is 10.6 Å². The zero-order valence-corrected chi connectivity index (χ0v) is 13.8. The number of rotatable bonds is 1. The molecule has 0 atom stereocenters. The van der Waals surface area contributed by atoms with Gasteiger partial charge in [-0.15, -0.1) is 11.3 Å². The molecule has 3 aromatic rings. The minimum absolute atomic E-state index is 0.585. The van der Waals surface area contributed by atoms with Gasteiger partial charge in [-0.2, -0.15) is 5.26 Å². The highest BCUT2D eigenvalue weighted by Gasteiger charge is 2.23. The molecule has 0 saturated carbocycles. The molecular weight excluding hydrogens is 302 g/mol. The maximum absolute atomic E-state index is 9.29. The second-order valence-corrected chi connectivity index (χ2v) is 7.13. The first kappa shape index (κ1) is 14.2. The summed E-state index contributed by atoms with van der Waals surface area (Å²) in [5.41, 5.74) is 12.9. The molecule has 0 amide bonds. The van der Waals surface area contributed by atoms with Crippen molar-refractivity contribution in [3.05, 3.63) is 45.8 Å². The SMILES string of the molecule is Cc1ccc(-c2nc3sc(C#N)c(N)c3c3c2CCCC3)cc1. The third-order valence-corrected chi connectivity index (χ3v) is 5.63. The van der Waals surface area contributed by atoms with Crippen molar-refractivity contribution in [1.82, 2.24) is 4.98 Å². The van der Waals surface area contributed by atoms with Gasteiger partial charge in [-0.3, -0.25) is 0 Å². The Labute approximate surface area is 139 Å². The molecule has 1 aliphatic carbocycles. The molecule has 0 unspecified atom stereocenters. The van der Waals surface area contributed by atoms with E-state index in [1.165, 1.54) is 40.9 Å². The van der Waals surface area contributed by atoms with Crippen molar-refractivity contribution in [2.45, 2.75) is 32.6 Å². The summed E-state index contributed by atoms with van der Waals surface area (Å²) in [5.74, 6) is 0. The van der Waals surface area contributed by atoms with Crippen molar-refractivity contribution in [1.29, 1.82) is 5.26 Å². The van der Waals surface area contributed by atoms with E-state index in [1.54, 1.807) is 0 Å². The number of anilines is 1. The maximum Gasteiger partial charge on any atom is 0.130 e. The van der Waals surface area contributed by atoms with E-state index >= 15 is 0 Å². The fourth-order valence-corrected chi connectivity index (χ4v) is 4.37. The van der Waals surface area contributed by atoms with Gasteiger partial charge in [0.15, 0.2) is 0 Å². The molecule has 4 rings (SSSR count). The Kier molecular flexibility index (Phi) is 3.32. The molecule has 23 heavy (non-hydrogen) atoms. The molecule has 2 heterocycles. The molecule has 0 saturated heterocycles. The molecule has 2 aromatic heterocycles. The van der Waals surface area contributed by atoms with E-state index in [-0.39, 0.29) is 0 Å². The normalized spacial score (nSPS) is 13.7. The van der Waals surface area contributed by atoms with Crippen LogP contribution in [0.25, 0.3) is 21.5 Å². The zero-order chi connectivity index (χ0) is 16.0. The zero-order valence-electron chi connectivity index (χ0n) is 13.0. The van der Waals surface area contributed by atoms with Gasteiger partial charge >= 0.3 is 0 Å². The molecule has 0 aliphatic heterocycles. The number of nitrogens with two attached hydrogens (primary N) is 1. The fourth-order valence-electron chi connectivity index (χ4n) is 3.45. The number of nitrogen functional groups attached to an aromatic ring is 1. The Morgan fingerprint density at radius 2 is 1.83 bits per heavy atom. The third kappa shape index (κ3) is 2.20. The van der Waals surface area contributed by atoms with Gasteiger partial charge < -0.3 is 5.73 Å². The number of aromatic nitrogens is 1. The van der Waals surface area contributed by atoms with Gasteiger partial charge in [0.05, 0.1) is 11.4 Å². The fraction of sp³-hybridized carbons (Fsp3) is 0.263. The molecule has 1 aliphatic rings. The molecular formula is C19H17N3S. The Morgan fingerprint density at radius 1 is 1.13 bits per heavy atom. The van der Waals surface area contributed by atoms with Gasteiger partial charge in [-0.05, 0) is 43.7 Å². The molecule has 114 valence electrons. The van der Waals surface area contributed by atoms with E-state index in [0.717, 1.165) is 34.3 Å². The summed E-state index contributed by atoms with van der Waals surface area (Å²) in [6, 6.07) is 10.7. The van der Waals surface area contributed by atoms with Crippen LogP contribution < -0.4 is 5.73 Å². The third-order valence-electron chi connectivity index (χ3n) is 4.62. The Balaban J connectivity index is 2.05. The highest BCUT2D eigenvalue weighted by atomic mass is 32.1. The van der Waals surface area contributed by atoms with Crippen LogP contribution in [-0.4, -0.2) is 4.98 Å². The summed E-state index contributed by atoms with van der Waals surface area (Å²) >= 11 is 1.41. The van der Waals surface area contributed by atoms with Crippen molar-refractivity contribution in [2.75, 3.05) is 5.73 Å². The van der Waals surface area contributed by atoms with Crippen molar-refractivity contribution >= 4 is 27.2 Å². The van der Waals surface area contributed by atoms with Crippen molar-refractivity contribution in [2.24, 2.45) is 0 Å². The highest BCUT2D eigenvalue weighted by molar-refractivity contribution is 7.19. The minimum atomic E-state index is 0.585. The minimum Gasteiger partial charge on any atom is -0.396 e. The highest BCUT2D eigenvalue weighted by Crippen LogP contribution is 2.41. The lowest BCUT2D eigenvalue weighted by Crippen LogP contribution is -2.07. The molecule has 4 heteroatoms. The van der Waals surface area contributed by atoms with Gasteiger partial charge in [-0.25, -0.2) is 4.98 Å². The van der Waals surface area contributed by atoms with Gasteiger partial charge in [0.2, 0.25) is 0 Å². The average molecular weight is 319 g/mol. The number of thiophene rings is 1. The predicted octanol–water partition coefficient (Wildman–Crippen LogP) is 4.60. The summed E-state index contributed by atoms with van der Waals surface area (Å²) < 4.78 is 0. The monoisotopic (exact) mass is 319 g/mol. The van der Waals surface area contributed by atoms with E-state index in [9.17, 15) is 5.26 Å². The summed E-state index contributed by atoms with van der Waals surface area (Å²) in [4.78, 5) is 6.39. The van der Waals surface area contributed by atoms with Crippen LogP contribution in [0.5, 0.6) is 0 Å². The Morgan fingerprint density at radius 3 is 2.52 bits per heavy atom. The first-order chi connectivity index (χ1) is 11.2. The van der Waals surface area contributed by atoms with Crippen molar-refractivity contribution < 1.29 is 0 Å². The smallest absolute Gasteiger partial charge is 0.130 e. The molecule has 2 N–H and O–H groups in total. The summed E-state index contributed by atoms with van der Waals surface area (Å²) in [7, 11) is 0. The lowest BCUT2D eigenvalue weighted by Gasteiger charge is -2.20. The molecule has 1 aromatic carbocycles. The summed E-state index contributed by atoms with van der Waals surface area (Å²) in [6.45, 7) is 2.09. The van der Waals surface area contributed by atoms with Crippen LogP contribution in [0.15, 0.2) is 24.3 Å². The number of benzene rings is 1. The van der Waals surface area contributed by atoms with Gasteiger partial charge in [-0.1, -0.05) is 29.8 Å². The Hall–Kier alpha value is -2.38. The lowest BCUT2D eigenvalue weighted by molar-refractivity contribution is 0.689. The topological polar surface area (TPSA) is 62.7 Å². The van der Waals surface area contributed by atoms with E-state index in [4.69, 9.17) is 10.7 Å². The number of nitrogens with zero attached hydrogens (tertiary/aromatic N) is 2.